The summed E-state index contributed by atoms with van der Waals surface area (Å²) in [5.74, 6) is -6.03. The number of rotatable bonds is 14. The van der Waals surface area contributed by atoms with Gasteiger partial charge in [0, 0.05) is 13.0 Å². The number of nitrogens with zero attached hydrogens (tertiary/aromatic N) is 1. The maximum Gasteiger partial charge on any atom is 0.408 e. The third-order valence-corrected chi connectivity index (χ3v) is 6.15. The third kappa shape index (κ3) is 13.6. The normalized spacial score (nSPS) is 17.2. The molecule has 0 saturated carbocycles. The highest BCUT2D eigenvalue weighted by Gasteiger charge is 2.39. The van der Waals surface area contributed by atoms with Crippen molar-refractivity contribution in [3.05, 3.63) is 0 Å². The number of amides is 5. The van der Waals surface area contributed by atoms with Gasteiger partial charge in [0.25, 0.3) is 0 Å². The Labute approximate surface area is 256 Å². The lowest BCUT2D eigenvalue weighted by molar-refractivity contribution is -0.162. The van der Waals surface area contributed by atoms with E-state index < -0.39 is 96.6 Å². The van der Waals surface area contributed by atoms with E-state index in [1.807, 2.05) is 0 Å². The number of carboxylic acid groups (broad SMARTS) is 2. The zero-order valence-corrected chi connectivity index (χ0v) is 26.6. The summed E-state index contributed by atoms with van der Waals surface area (Å²) in [6, 6.07) is -3.40. The minimum Gasteiger partial charge on any atom is -0.480 e. The molecule has 4 atom stereocenters. The predicted octanol–water partition coefficient (Wildman–Crippen LogP) is -0.0131. The Morgan fingerprint density at radius 2 is 1.50 bits per heavy atom. The Hall–Kier alpha value is -3.95. The van der Waals surface area contributed by atoms with E-state index in [9.17, 15) is 38.7 Å². The van der Waals surface area contributed by atoms with Gasteiger partial charge < -0.3 is 45.9 Å². The van der Waals surface area contributed by atoms with Crippen LogP contribution in [-0.4, -0.2) is 112 Å². The molecule has 44 heavy (non-hydrogen) atoms. The van der Waals surface area contributed by atoms with Crippen molar-refractivity contribution >= 4 is 41.7 Å². The summed E-state index contributed by atoms with van der Waals surface area (Å²) < 4.78 is 10.7. The molecule has 0 aromatic carbocycles. The van der Waals surface area contributed by atoms with Gasteiger partial charge in [-0.05, 0) is 60.3 Å². The molecule has 0 aromatic heterocycles. The van der Waals surface area contributed by atoms with Crippen molar-refractivity contribution in [2.45, 2.75) is 110 Å². The highest BCUT2D eigenvalue weighted by Crippen LogP contribution is 2.21. The first-order chi connectivity index (χ1) is 20.1. The van der Waals surface area contributed by atoms with Gasteiger partial charge in [0.2, 0.25) is 23.6 Å². The second kappa shape index (κ2) is 16.2. The van der Waals surface area contributed by atoms with E-state index in [-0.39, 0.29) is 12.5 Å². The van der Waals surface area contributed by atoms with Crippen molar-refractivity contribution < 1.29 is 53.2 Å². The molecule has 1 saturated heterocycles. The number of carbonyl (C=O) groups excluding carboxylic acids is 5. The smallest absolute Gasteiger partial charge is 0.408 e. The van der Waals surface area contributed by atoms with Crippen molar-refractivity contribution in [2.24, 2.45) is 5.92 Å². The molecule has 1 unspecified atom stereocenters. The first kappa shape index (κ1) is 38.1. The average Bonchev–Trinajstić information content (AvgIpc) is 3.35. The van der Waals surface area contributed by atoms with Gasteiger partial charge in [0.05, 0.1) is 12.1 Å². The molecule has 1 rings (SSSR count). The van der Waals surface area contributed by atoms with Gasteiger partial charge in [-0.25, -0.2) is 9.59 Å². The van der Waals surface area contributed by atoms with Crippen LogP contribution in [0.2, 0.25) is 0 Å². The largest absolute Gasteiger partial charge is 0.480 e. The van der Waals surface area contributed by atoms with E-state index >= 15 is 0 Å². The minimum atomic E-state index is -1.52. The van der Waals surface area contributed by atoms with Crippen molar-refractivity contribution in [3.8, 4) is 0 Å². The highest BCUT2D eigenvalue weighted by molar-refractivity contribution is 5.95. The Bertz CT molecular complexity index is 1080. The molecule has 6 N–H and O–H groups in total. The number of hydrogen-bond acceptors (Lipinski definition) is 9. The van der Waals surface area contributed by atoms with E-state index in [2.05, 4.69) is 21.3 Å². The number of carboxylic acids is 2. The molecule has 5 amide bonds. The molecule has 0 bridgehead atoms. The number of aliphatic carboxylic acids is 2. The quantitative estimate of drug-likeness (QED) is 0.150. The first-order valence-electron chi connectivity index (χ1n) is 14.4. The van der Waals surface area contributed by atoms with Crippen molar-refractivity contribution in [1.82, 2.24) is 26.2 Å². The zero-order valence-electron chi connectivity index (χ0n) is 26.6. The van der Waals surface area contributed by atoms with E-state index in [1.165, 1.54) is 4.90 Å². The SMILES string of the molecule is CC(C)[C@H](NC(=O)OC(C)(C)C)C(=O)N1CCC[C@H]1C(=O)NCC(=O)N[C@@H](CC(OC(C)(C)C)C(=O)O)C(=O)NCC(=O)O. The lowest BCUT2D eigenvalue weighted by atomic mass is 10.0. The van der Waals surface area contributed by atoms with E-state index in [1.54, 1.807) is 55.4 Å². The summed E-state index contributed by atoms with van der Waals surface area (Å²) >= 11 is 0. The van der Waals surface area contributed by atoms with Crippen LogP contribution in [0.4, 0.5) is 4.79 Å². The predicted molar refractivity (Wildman–Crippen MR) is 155 cm³/mol. The molecule has 1 aliphatic heterocycles. The first-order valence-corrected chi connectivity index (χ1v) is 14.4. The summed E-state index contributed by atoms with van der Waals surface area (Å²) in [5.41, 5.74) is -1.69. The molecule has 0 radical (unpaired) electrons. The topological polar surface area (TPSA) is 230 Å². The number of likely N-dealkylation sites (tertiary alicyclic amines) is 1. The van der Waals surface area contributed by atoms with Gasteiger partial charge >= 0.3 is 18.0 Å². The van der Waals surface area contributed by atoms with Gasteiger partial charge in [-0.2, -0.15) is 0 Å². The van der Waals surface area contributed by atoms with Crippen molar-refractivity contribution in [2.75, 3.05) is 19.6 Å². The molecule has 1 heterocycles. The average molecular weight is 630 g/mol. The van der Waals surface area contributed by atoms with Gasteiger partial charge in [-0.1, -0.05) is 13.8 Å². The fraction of sp³-hybridized carbons (Fsp3) is 0.750. The fourth-order valence-electron chi connectivity index (χ4n) is 4.32. The number of alkyl carbamates (subject to hydrolysis) is 1. The van der Waals surface area contributed by atoms with Crippen LogP contribution < -0.4 is 21.3 Å². The molecule has 0 aliphatic carbocycles. The fourth-order valence-corrected chi connectivity index (χ4v) is 4.32. The van der Waals surface area contributed by atoms with E-state index in [0.29, 0.717) is 12.8 Å². The minimum absolute atomic E-state index is 0.249. The monoisotopic (exact) mass is 629 g/mol. The van der Waals surface area contributed by atoms with Crippen molar-refractivity contribution in [1.29, 1.82) is 0 Å². The molecule has 16 heteroatoms. The molecule has 0 spiro atoms. The van der Waals surface area contributed by atoms with Crippen LogP contribution in [0.3, 0.4) is 0 Å². The lowest BCUT2D eigenvalue weighted by Gasteiger charge is -2.31. The standard InChI is InChI=1S/C28H47N5O11/c1-15(2)21(32-26(42)44-28(6,7)8)24(39)33-11-9-10-17(33)23(38)29-13-19(34)31-16(22(37)30-14-20(35)36)12-18(25(40)41)43-27(3,4)5/h15-18,21H,9-14H2,1-8H3,(H,29,38)(H,30,37)(H,31,34)(H,32,42)(H,35,36)(H,40,41)/t16-,17-,18?,21-/m0/s1. The lowest BCUT2D eigenvalue weighted by Crippen LogP contribution is -2.56. The van der Waals surface area contributed by atoms with Crippen LogP contribution in [0.1, 0.15) is 74.7 Å². The van der Waals surface area contributed by atoms with Crippen LogP contribution in [0, 0.1) is 5.92 Å². The second-order valence-corrected chi connectivity index (χ2v) is 12.8. The summed E-state index contributed by atoms with van der Waals surface area (Å²) in [7, 11) is 0. The summed E-state index contributed by atoms with van der Waals surface area (Å²) in [6.07, 6.45) is -2.01. The molecule has 1 aliphatic rings. The van der Waals surface area contributed by atoms with Gasteiger partial charge in [0.1, 0.15) is 30.3 Å². The van der Waals surface area contributed by atoms with Crippen LogP contribution >= 0.6 is 0 Å². The van der Waals surface area contributed by atoms with Gasteiger partial charge in [-0.15, -0.1) is 0 Å². The number of hydrogen-bond donors (Lipinski definition) is 6. The Morgan fingerprint density at radius 3 is 2.00 bits per heavy atom. The molecule has 16 nitrogen and oxygen atoms in total. The number of ether oxygens (including phenoxy) is 2. The van der Waals surface area contributed by atoms with Gasteiger partial charge in [0.15, 0.2) is 6.10 Å². The van der Waals surface area contributed by atoms with Crippen LogP contribution in [-0.2, 0) is 38.2 Å². The number of nitrogens with one attached hydrogen (secondary N) is 4. The molecular formula is C28H47N5O11. The van der Waals surface area contributed by atoms with E-state index in [4.69, 9.17) is 14.6 Å². The van der Waals surface area contributed by atoms with Crippen molar-refractivity contribution in [3.63, 3.8) is 0 Å². The van der Waals surface area contributed by atoms with Crippen LogP contribution in [0.5, 0.6) is 0 Å². The molecule has 1 fully saturated rings. The Balaban J connectivity index is 2.94. The van der Waals surface area contributed by atoms with Crippen LogP contribution in [0.15, 0.2) is 0 Å². The summed E-state index contributed by atoms with van der Waals surface area (Å²) in [6.45, 7) is 12.2. The van der Waals surface area contributed by atoms with Gasteiger partial charge in [-0.3, -0.25) is 24.0 Å². The van der Waals surface area contributed by atoms with Crippen LogP contribution in [0.25, 0.3) is 0 Å². The molecule has 0 aromatic rings. The highest BCUT2D eigenvalue weighted by atomic mass is 16.6. The maximum atomic E-state index is 13.4. The second-order valence-electron chi connectivity index (χ2n) is 12.8. The number of carbonyl (C=O) groups is 7. The summed E-state index contributed by atoms with van der Waals surface area (Å²) in [5, 5.41) is 27.9. The Kier molecular flexibility index (Phi) is 14.0. The maximum absolute atomic E-state index is 13.4. The third-order valence-electron chi connectivity index (χ3n) is 6.15. The zero-order chi connectivity index (χ0) is 34.0. The Morgan fingerprint density at radius 1 is 0.886 bits per heavy atom. The van der Waals surface area contributed by atoms with E-state index in [0.717, 1.165) is 0 Å². The molecular weight excluding hydrogens is 582 g/mol. The summed E-state index contributed by atoms with van der Waals surface area (Å²) in [4.78, 5) is 88.2. The molecule has 250 valence electrons.